The first-order valence-corrected chi connectivity index (χ1v) is 12.5. The van der Waals surface area contributed by atoms with Crippen molar-refractivity contribution in [3.8, 4) is 5.75 Å². The van der Waals surface area contributed by atoms with Crippen molar-refractivity contribution in [1.82, 2.24) is 4.57 Å². The molecular formula is C28H39BrN4O. The number of hydrogen-bond donors (Lipinski definition) is 0. The van der Waals surface area contributed by atoms with E-state index in [1.54, 1.807) is 0 Å². The number of ether oxygens (including phenoxy) is 1. The summed E-state index contributed by atoms with van der Waals surface area (Å²) in [6.45, 7) is 6.90. The van der Waals surface area contributed by atoms with Crippen molar-refractivity contribution in [2.24, 2.45) is 10.2 Å². The summed E-state index contributed by atoms with van der Waals surface area (Å²) in [6.07, 6.45) is 17.3. The summed E-state index contributed by atoms with van der Waals surface area (Å²) >= 11 is 0. The Bertz CT molecular complexity index is 951. The minimum atomic E-state index is 0. The first-order valence-electron chi connectivity index (χ1n) is 12.5. The van der Waals surface area contributed by atoms with Crippen LogP contribution in [0.2, 0.25) is 0 Å². The molecule has 2 aromatic carbocycles. The quantitative estimate of drug-likeness (QED) is 0.160. The summed E-state index contributed by atoms with van der Waals surface area (Å²) in [5, 5.41) is 8.57. The van der Waals surface area contributed by atoms with Crippen LogP contribution in [-0.4, -0.2) is 11.2 Å². The maximum absolute atomic E-state index is 5.90. The van der Waals surface area contributed by atoms with Crippen LogP contribution < -0.4 is 26.3 Å². The third-order valence-corrected chi connectivity index (χ3v) is 5.79. The maximum Gasteiger partial charge on any atom is 0.243 e. The summed E-state index contributed by atoms with van der Waals surface area (Å²) < 4.78 is 10.4. The molecule has 0 aliphatic carbocycles. The Morgan fingerprint density at radius 3 is 2.03 bits per heavy atom. The lowest BCUT2D eigenvalue weighted by Gasteiger charge is -2.04. The molecule has 0 amide bonds. The number of aryl methyl sites for hydroxylation is 2. The van der Waals surface area contributed by atoms with Crippen LogP contribution >= 0.6 is 0 Å². The van der Waals surface area contributed by atoms with E-state index in [1.165, 1.54) is 56.9 Å². The van der Waals surface area contributed by atoms with Crippen LogP contribution in [0, 0.1) is 6.92 Å². The third kappa shape index (κ3) is 10.6. The summed E-state index contributed by atoms with van der Waals surface area (Å²) in [6, 6.07) is 15.8. The molecule has 0 bridgehead atoms. The molecular weight excluding hydrogens is 488 g/mol. The predicted octanol–water partition coefficient (Wildman–Crippen LogP) is 4.72. The van der Waals surface area contributed by atoms with Gasteiger partial charge in [-0.05, 0) is 56.2 Å². The maximum atomic E-state index is 5.90. The molecule has 34 heavy (non-hydrogen) atoms. The lowest BCUT2D eigenvalue weighted by molar-refractivity contribution is -0.696. The van der Waals surface area contributed by atoms with Crippen molar-refractivity contribution in [1.29, 1.82) is 0 Å². The molecule has 6 heteroatoms. The highest BCUT2D eigenvalue weighted by molar-refractivity contribution is 5.43. The van der Waals surface area contributed by atoms with Gasteiger partial charge in [-0.15, -0.1) is 0 Å². The Kier molecular flexibility index (Phi) is 13.2. The third-order valence-electron chi connectivity index (χ3n) is 5.79. The fraction of sp³-hybridized carbons (Fsp3) is 0.464. The number of halogens is 1. The summed E-state index contributed by atoms with van der Waals surface area (Å²) in [5.41, 5.74) is 2.89. The van der Waals surface area contributed by atoms with E-state index < -0.39 is 0 Å². The van der Waals surface area contributed by atoms with Gasteiger partial charge in [0, 0.05) is 0 Å². The molecule has 184 valence electrons. The van der Waals surface area contributed by atoms with Gasteiger partial charge in [0.15, 0.2) is 0 Å². The van der Waals surface area contributed by atoms with Crippen LogP contribution in [0.15, 0.2) is 77.5 Å². The zero-order valence-corrected chi connectivity index (χ0v) is 22.3. The van der Waals surface area contributed by atoms with Crippen LogP contribution in [0.4, 0.5) is 11.4 Å². The van der Waals surface area contributed by atoms with Crippen molar-refractivity contribution in [2.45, 2.75) is 78.3 Å². The predicted molar refractivity (Wildman–Crippen MR) is 135 cm³/mol. The molecule has 0 fully saturated rings. The van der Waals surface area contributed by atoms with E-state index in [1.807, 2.05) is 48.5 Å². The summed E-state index contributed by atoms with van der Waals surface area (Å²) in [4.78, 5) is 0. The van der Waals surface area contributed by atoms with Crippen molar-refractivity contribution in [3.05, 3.63) is 72.8 Å². The van der Waals surface area contributed by atoms with Gasteiger partial charge in [-0.1, -0.05) is 63.1 Å². The number of hydrogen-bond acceptors (Lipinski definition) is 3. The van der Waals surface area contributed by atoms with Gasteiger partial charge in [0.1, 0.15) is 31.3 Å². The molecule has 3 aromatic rings. The van der Waals surface area contributed by atoms with Crippen molar-refractivity contribution < 1.29 is 26.3 Å². The first kappa shape index (κ1) is 27.8. The van der Waals surface area contributed by atoms with E-state index in [4.69, 9.17) is 4.74 Å². The van der Waals surface area contributed by atoms with Crippen LogP contribution in [0.25, 0.3) is 0 Å². The van der Waals surface area contributed by atoms with Gasteiger partial charge in [-0.25, -0.2) is 9.13 Å². The Hall–Kier alpha value is -2.47. The molecule has 0 saturated carbocycles. The fourth-order valence-corrected chi connectivity index (χ4v) is 3.74. The van der Waals surface area contributed by atoms with E-state index >= 15 is 0 Å². The van der Waals surface area contributed by atoms with Crippen molar-refractivity contribution in [2.75, 3.05) is 6.61 Å². The molecule has 0 aliphatic heterocycles. The number of rotatable bonds is 15. The molecule has 0 aliphatic rings. The average Bonchev–Trinajstić information content (AvgIpc) is 3.29. The monoisotopic (exact) mass is 526 g/mol. The number of nitrogens with zero attached hydrogens (tertiary/aromatic N) is 4. The lowest BCUT2D eigenvalue weighted by Crippen LogP contribution is -3.00. The molecule has 1 aromatic heterocycles. The minimum Gasteiger partial charge on any atom is -1.00 e. The number of azo groups is 1. The molecule has 0 unspecified atom stereocenters. The number of aromatic nitrogens is 2. The largest absolute Gasteiger partial charge is 1.00 e. The zero-order valence-electron chi connectivity index (χ0n) is 20.7. The smallest absolute Gasteiger partial charge is 0.243 e. The van der Waals surface area contributed by atoms with Gasteiger partial charge in [0.25, 0.3) is 0 Å². The Balaban J connectivity index is 0.00000408. The highest BCUT2D eigenvalue weighted by Gasteiger charge is 2.04. The number of unbranched alkanes of at least 4 members (excludes halogenated alkanes) is 7. The highest BCUT2D eigenvalue weighted by Crippen LogP contribution is 2.21. The van der Waals surface area contributed by atoms with Crippen LogP contribution in [-0.2, 0) is 13.1 Å². The van der Waals surface area contributed by atoms with E-state index in [9.17, 15) is 0 Å². The van der Waals surface area contributed by atoms with Gasteiger partial charge < -0.3 is 21.7 Å². The highest BCUT2D eigenvalue weighted by atomic mass is 79.9. The second-order valence-electron chi connectivity index (χ2n) is 8.74. The van der Waals surface area contributed by atoms with Gasteiger partial charge in [-0.3, -0.25) is 0 Å². The molecule has 1 heterocycles. The van der Waals surface area contributed by atoms with Crippen LogP contribution in [0.3, 0.4) is 0 Å². The van der Waals surface area contributed by atoms with Gasteiger partial charge in [-0.2, -0.15) is 10.2 Å². The topological polar surface area (TPSA) is 42.8 Å². The molecule has 0 saturated heterocycles. The SMILES string of the molecule is CCCCCCCCCC[n+]1ccn(CCOc2ccc(N=Nc3ccc(C)cc3)cc2)c1.[Br-]. The fourth-order valence-electron chi connectivity index (χ4n) is 3.74. The second kappa shape index (κ2) is 16.2. The van der Waals surface area contributed by atoms with Gasteiger partial charge >= 0.3 is 0 Å². The molecule has 0 radical (unpaired) electrons. The first-order chi connectivity index (χ1) is 16.2. The summed E-state index contributed by atoms with van der Waals surface area (Å²) in [7, 11) is 0. The number of imidazole rings is 1. The molecule has 0 N–H and O–H groups in total. The summed E-state index contributed by atoms with van der Waals surface area (Å²) in [5.74, 6) is 0.850. The van der Waals surface area contributed by atoms with Gasteiger partial charge in [0.2, 0.25) is 6.33 Å². The van der Waals surface area contributed by atoms with Crippen molar-refractivity contribution in [3.63, 3.8) is 0 Å². The minimum absolute atomic E-state index is 0. The Morgan fingerprint density at radius 1 is 0.794 bits per heavy atom. The molecule has 3 rings (SSSR count). The standard InChI is InChI=1S/C28H39N4O.BrH/c1-3-4-5-6-7-8-9-10-19-31-20-21-32(24-31)22-23-33-28-17-15-27(16-18-28)30-29-26-13-11-25(2)12-14-26;/h11-18,20-21,24H,3-10,19,22-23H2,1-2H3;1H/q+1;/p-1. The Morgan fingerprint density at radius 2 is 1.38 bits per heavy atom. The average molecular weight is 528 g/mol. The molecule has 0 spiro atoms. The van der Waals surface area contributed by atoms with E-state index in [2.05, 4.69) is 51.9 Å². The van der Waals surface area contributed by atoms with E-state index in [0.29, 0.717) is 6.61 Å². The Labute approximate surface area is 215 Å². The van der Waals surface area contributed by atoms with Crippen LogP contribution in [0.5, 0.6) is 5.75 Å². The number of benzene rings is 2. The zero-order chi connectivity index (χ0) is 23.1. The lowest BCUT2D eigenvalue weighted by atomic mass is 10.1. The van der Waals surface area contributed by atoms with E-state index in [0.717, 1.165) is 30.2 Å². The normalized spacial score (nSPS) is 11.0. The van der Waals surface area contributed by atoms with Crippen molar-refractivity contribution >= 4 is 11.4 Å². The molecule has 5 nitrogen and oxygen atoms in total. The molecule has 0 atom stereocenters. The second-order valence-corrected chi connectivity index (χ2v) is 8.74. The van der Waals surface area contributed by atoms with E-state index in [-0.39, 0.29) is 17.0 Å². The van der Waals surface area contributed by atoms with Gasteiger partial charge in [0.05, 0.1) is 17.9 Å². The van der Waals surface area contributed by atoms with Crippen LogP contribution in [0.1, 0.15) is 63.9 Å².